The van der Waals surface area contributed by atoms with Crippen LogP contribution < -0.4 is 4.74 Å². The number of aryl methyl sites for hydroxylation is 1. The van der Waals surface area contributed by atoms with Crippen molar-refractivity contribution >= 4 is 5.91 Å². The molecule has 1 aliphatic heterocycles. The number of halogens is 1. The molecular weight excluding hydrogens is 397 g/mol. The number of likely N-dealkylation sites (tertiary alicyclic amines) is 1. The molecule has 1 fully saturated rings. The largest absolute Gasteiger partial charge is 0.475 e. The summed E-state index contributed by atoms with van der Waals surface area (Å²) in [7, 11) is 0. The summed E-state index contributed by atoms with van der Waals surface area (Å²) in [4.78, 5) is 32.6. The Kier molecular flexibility index (Phi) is 6.16. The van der Waals surface area contributed by atoms with Gasteiger partial charge in [0.25, 0.3) is 5.91 Å². The molecule has 0 spiro atoms. The standard InChI is InChI=1S/C23H24FN5O2/c1-15-7-11-29(18(12-15)14-31-20-13-17(24)6-10-25-20)23(30)21-19(5-4-16(2)28-21)22-26-8-3-9-27-22/h3-6,8-10,13,15,18H,7,11-12,14H2,1-2H3/t15-,18?/m1/s1. The average molecular weight is 421 g/mol. The van der Waals surface area contributed by atoms with Crippen LogP contribution in [0.2, 0.25) is 0 Å². The Morgan fingerprint density at radius 1 is 1.19 bits per heavy atom. The van der Waals surface area contributed by atoms with Crippen LogP contribution in [0.3, 0.4) is 0 Å². The Bertz CT molecular complexity index is 1060. The Morgan fingerprint density at radius 2 is 2.00 bits per heavy atom. The quantitative estimate of drug-likeness (QED) is 0.625. The number of amides is 1. The Morgan fingerprint density at radius 3 is 2.77 bits per heavy atom. The molecule has 0 bridgehead atoms. The van der Waals surface area contributed by atoms with Gasteiger partial charge in [0.1, 0.15) is 18.1 Å². The van der Waals surface area contributed by atoms with E-state index in [0.717, 1.165) is 18.5 Å². The lowest BCUT2D eigenvalue weighted by atomic mass is 9.92. The van der Waals surface area contributed by atoms with E-state index in [0.29, 0.717) is 29.5 Å². The van der Waals surface area contributed by atoms with E-state index in [1.54, 1.807) is 23.4 Å². The van der Waals surface area contributed by atoms with Crippen LogP contribution >= 0.6 is 0 Å². The van der Waals surface area contributed by atoms with Gasteiger partial charge in [-0.05, 0) is 49.9 Å². The first-order chi connectivity index (χ1) is 15.0. The van der Waals surface area contributed by atoms with Crippen LogP contribution in [0.5, 0.6) is 5.88 Å². The SMILES string of the molecule is Cc1ccc(-c2ncccn2)c(C(=O)N2CC[C@@H](C)CC2COc2cc(F)ccn2)n1. The predicted octanol–water partition coefficient (Wildman–Crippen LogP) is 3.70. The first-order valence-electron chi connectivity index (χ1n) is 10.3. The minimum absolute atomic E-state index is 0.173. The molecule has 3 aromatic heterocycles. The van der Waals surface area contributed by atoms with E-state index in [-0.39, 0.29) is 24.4 Å². The van der Waals surface area contributed by atoms with Gasteiger partial charge < -0.3 is 9.64 Å². The predicted molar refractivity (Wildman–Crippen MR) is 113 cm³/mol. The van der Waals surface area contributed by atoms with Crippen LogP contribution in [0.4, 0.5) is 4.39 Å². The Balaban J connectivity index is 1.60. The molecule has 1 amide bonds. The highest BCUT2D eigenvalue weighted by Crippen LogP contribution is 2.27. The third-order valence-corrected chi connectivity index (χ3v) is 5.40. The number of carbonyl (C=O) groups is 1. The zero-order chi connectivity index (χ0) is 21.8. The first-order valence-corrected chi connectivity index (χ1v) is 10.3. The van der Waals surface area contributed by atoms with Crippen molar-refractivity contribution < 1.29 is 13.9 Å². The molecule has 7 nitrogen and oxygen atoms in total. The van der Waals surface area contributed by atoms with Crippen LogP contribution in [0, 0.1) is 18.7 Å². The third kappa shape index (κ3) is 4.84. The molecule has 3 aromatic rings. The van der Waals surface area contributed by atoms with Crippen LogP contribution in [0.1, 0.15) is 35.9 Å². The van der Waals surface area contributed by atoms with Gasteiger partial charge >= 0.3 is 0 Å². The van der Waals surface area contributed by atoms with Gasteiger partial charge in [0.05, 0.1) is 11.6 Å². The fraction of sp³-hybridized carbons (Fsp3) is 0.348. The Labute approximate surface area is 180 Å². The van der Waals surface area contributed by atoms with Crippen LogP contribution in [0.15, 0.2) is 48.9 Å². The smallest absolute Gasteiger partial charge is 0.273 e. The number of aromatic nitrogens is 4. The van der Waals surface area contributed by atoms with Gasteiger partial charge in [-0.3, -0.25) is 4.79 Å². The van der Waals surface area contributed by atoms with Gasteiger partial charge in [0.15, 0.2) is 5.82 Å². The molecule has 0 radical (unpaired) electrons. The van der Waals surface area contributed by atoms with Crippen LogP contribution in [0.25, 0.3) is 11.4 Å². The highest BCUT2D eigenvalue weighted by molar-refractivity contribution is 5.98. The van der Waals surface area contributed by atoms with E-state index in [9.17, 15) is 9.18 Å². The summed E-state index contributed by atoms with van der Waals surface area (Å²) in [5.74, 6) is 0.518. The maximum Gasteiger partial charge on any atom is 0.273 e. The molecule has 8 heteroatoms. The summed E-state index contributed by atoms with van der Waals surface area (Å²) in [6.45, 7) is 4.83. The topological polar surface area (TPSA) is 81.1 Å². The van der Waals surface area contributed by atoms with Crippen molar-refractivity contribution in [1.82, 2.24) is 24.8 Å². The fourth-order valence-electron chi connectivity index (χ4n) is 3.80. The lowest BCUT2D eigenvalue weighted by Gasteiger charge is -2.38. The van der Waals surface area contributed by atoms with Gasteiger partial charge in [-0.25, -0.2) is 24.3 Å². The van der Waals surface area contributed by atoms with Gasteiger partial charge in [0, 0.05) is 36.9 Å². The van der Waals surface area contributed by atoms with Crippen molar-refractivity contribution in [3.05, 3.63) is 66.1 Å². The van der Waals surface area contributed by atoms with Crippen molar-refractivity contribution in [1.29, 1.82) is 0 Å². The van der Waals surface area contributed by atoms with Gasteiger partial charge in [0.2, 0.25) is 5.88 Å². The van der Waals surface area contributed by atoms with E-state index in [1.165, 1.54) is 18.3 Å². The number of nitrogens with zero attached hydrogens (tertiary/aromatic N) is 5. The number of carbonyl (C=O) groups excluding carboxylic acids is 1. The van der Waals surface area contributed by atoms with Gasteiger partial charge in [-0.15, -0.1) is 0 Å². The lowest BCUT2D eigenvalue weighted by molar-refractivity contribution is 0.0450. The number of piperidine rings is 1. The zero-order valence-corrected chi connectivity index (χ0v) is 17.5. The monoisotopic (exact) mass is 421 g/mol. The summed E-state index contributed by atoms with van der Waals surface area (Å²) in [5, 5.41) is 0. The molecule has 0 aliphatic carbocycles. The maximum atomic E-state index is 13.6. The number of hydrogen-bond donors (Lipinski definition) is 0. The van der Waals surface area contributed by atoms with E-state index < -0.39 is 5.82 Å². The van der Waals surface area contributed by atoms with Crippen molar-refractivity contribution in [3.63, 3.8) is 0 Å². The summed E-state index contributed by atoms with van der Waals surface area (Å²) in [6, 6.07) is 7.74. The molecule has 0 saturated carbocycles. The van der Waals surface area contributed by atoms with Gasteiger partial charge in [-0.1, -0.05) is 6.92 Å². The molecule has 1 unspecified atom stereocenters. The second-order valence-corrected chi connectivity index (χ2v) is 7.83. The highest BCUT2D eigenvalue weighted by atomic mass is 19.1. The third-order valence-electron chi connectivity index (χ3n) is 5.40. The molecule has 1 saturated heterocycles. The summed E-state index contributed by atoms with van der Waals surface area (Å²) < 4.78 is 19.2. The zero-order valence-electron chi connectivity index (χ0n) is 17.5. The number of rotatable bonds is 5. The van der Waals surface area contributed by atoms with E-state index in [4.69, 9.17) is 4.74 Å². The molecule has 0 aromatic carbocycles. The molecule has 0 N–H and O–H groups in total. The first kappa shape index (κ1) is 20.8. The molecular formula is C23H24FN5O2. The molecule has 160 valence electrons. The molecule has 4 heterocycles. The second-order valence-electron chi connectivity index (χ2n) is 7.83. The van der Waals surface area contributed by atoms with Crippen molar-refractivity contribution in [3.8, 4) is 17.3 Å². The average Bonchev–Trinajstić information content (AvgIpc) is 2.78. The van der Waals surface area contributed by atoms with E-state index in [2.05, 4.69) is 26.9 Å². The van der Waals surface area contributed by atoms with Gasteiger partial charge in [-0.2, -0.15) is 0 Å². The van der Waals surface area contributed by atoms with E-state index in [1.807, 2.05) is 19.1 Å². The summed E-state index contributed by atoms with van der Waals surface area (Å²) in [5.41, 5.74) is 1.67. The highest BCUT2D eigenvalue weighted by Gasteiger charge is 2.33. The summed E-state index contributed by atoms with van der Waals surface area (Å²) >= 11 is 0. The number of ether oxygens (including phenoxy) is 1. The maximum absolute atomic E-state index is 13.6. The minimum atomic E-state index is -0.411. The molecule has 2 atom stereocenters. The normalized spacial score (nSPS) is 18.6. The lowest BCUT2D eigenvalue weighted by Crippen LogP contribution is -2.49. The van der Waals surface area contributed by atoms with Crippen molar-refractivity contribution in [2.75, 3.05) is 13.2 Å². The Hall–Kier alpha value is -3.42. The number of hydrogen-bond acceptors (Lipinski definition) is 6. The fourth-order valence-corrected chi connectivity index (χ4v) is 3.80. The van der Waals surface area contributed by atoms with Crippen molar-refractivity contribution in [2.24, 2.45) is 5.92 Å². The molecule has 1 aliphatic rings. The van der Waals surface area contributed by atoms with E-state index >= 15 is 0 Å². The molecule has 4 rings (SSSR count). The second kappa shape index (κ2) is 9.16. The van der Waals surface area contributed by atoms with Crippen LogP contribution in [-0.4, -0.2) is 49.9 Å². The van der Waals surface area contributed by atoms with Crippen LogP contribution in [-0.2, 0) is 0 Å². The number of pyridine rings is 2. The molecule has 31 heavy (non-hydrogen) atoms. The minimum Gasteiger partial charge on any atom is -0.475 e. The van der Waals surface area contributed by atoms with Crippen molar-refractivity contribution in [2.45, 2.75) is 32.7 Å². The summed E-state index contributed by atoms with van der Waals surface area (Å²) in [6.07, 6.45) is 6.32.